The van der Waals surface area contributed by atoms with E-state index in [2.05, 4.69) is 5.32 Å². The zero-order chi connectivity index (χ0) is 16.2. The maximum Gasteiger partial charge on any atom is 0.242 e. The molecule has 0 spiro atoms. The number of nitrogens with zero attached hydrogens (tertiary/aromatic N) is 1. The molecule has 124 valence electrons. The van der Waals surface area contributed by atoms with Crippen LogP contribution in [0.2, 0.25) is 0 Å². The van der Waals surface area contributed by atoms with Crippen molar-refractivity contribution < 1.29 is 14.3 Å². The lowest BCUT2D eigenvalue weighted by atomic mass is 9.88. The van der Waals surface area contributed by atoms with Crippen molar-refractivity contribution in [1.29, 1.82) is 0 Å². The molecule has 0 bridgehead atoms. The van der Waals surface area contributed by atoms with Gasteiger partial charge in [-0.1, -0.05) is 30.3 Å². The molecule has 1 N–H and O–H groups in total. The number of rotatable bonds is 3. The fraction of sp³-hybridized carbons (Fsp3) is 0.556. The van der Waals surface area contributed by atoms with Gasteiger partial charge in [0.25, 0.3) is 0 Å². The summed E-state index contributed by atoms with van der Waals surface area (Å²) in [6.07, 6.45) is 1.38. The van der Waals surface area contributed by atoms with E-state index < -0.39 is 0 Å². The lowest BCUT2D eigenvalue weighted by molar-refractivity contribution is -0.140. The third kappa shape index (κ3) is 3.62. The highest BCUT2D eigenvalue weighted by molar-refractivity contribution is 5.98. The smallest absolute Gasteiger partial charge is 0.242 e. The first-order valence-electron chi connectivity index (χ1n) is 8.40. The van der Waals surface area contributed by atoms with Crippen molar-refractivity contribution in [3.63, 3.8) is 0 Å². The summed E-state index contributed by atoms with van der Waals surface area (Å²) in [6.45, 7) is 4.59. The van der Waals surface area contributed by atoms with E-state index in [0.29, 0.717) is 26.2 Å². The van der Waals surface area contributed by atoms with Crippen molar-refractivity contribution in [3.05, 3.63) is 35.9 Å². The molecule has 0 radical (unpaired) electrons. The van der Waals surface area contributed by atoms with Crippen LogP contribution in [0.3, 0.4) is 0 Å². The summed E-state index contributed by atoms with van der Waals surface area (Å²) >= 11 is 0. The normalized spacial score (nSPS) is 26.0. The molecule has 3 rings (SSSR count). The van der Waals surface area contributed by atoms with E-state index in [-0.39, 0.29) is 29.8 Å². The van der Waals surface area contributed by atoms with Crippen LogP contribution in [0.25, 0.3) is 0 Å². The Balaban J connectivity index is 1.56. The van der Waals surface area contributed by atoms with Gasteiger partial charge in [0, 0.05) is 31.1 Å². The first-order valence-corrected chi connectivity index (χ1v) is 8.40. The molecule has 5 nitrogen and oxygen atoms in total. The minimum atomic E-state index is -0.259. The zero-order valence-corrected chi connectivity index (χ0v) is 13.5. The number of ether oxygens (including phenoxy) is 1. The van der Waals surface area contributed by atoms with Crippen LogP contribution in [0.4, 0.5) is 0 Å². The second-order valence-electron chi connectivity index (χ2n) is 6.34. The molecule has 0 unspecified atom stereocenters. The minimum absolute atomic E-state index is 0.0226. The first kappa shape index (κ1) is 16.1. The Bertz CT molecular complexity index is 553. The lowest BCUT2D eigenvalue weighted by Crippen LogP contribution is -2.57. The summed E-state index contributed by atoms with van der Waals surface area (Å²) in [4.78, 5) is 27.0. The standard InChI is InChI=1S/C18H24N2O3/c1-13-16(19-9-12-23-13)18(22)20-10-7-15(8-11-20)17(21)14-5-3-2-4-6-14/h2-6,13,15-16,19H,7-12H2,1H3/t13-,16+/m1/s1. The van der Waals surface area contributed by atoms with Crippen LogP contribution in [-0.4, -0.2) is 55.0 Å². The van der Waals surface area contributed by atoms with Gasteiger partial charge < -0.3 is 15.0 Å². The number of hydrogen-bond donors (Lipinski definition) is 1. The van der Waals surface area contributed by atoms with Gasteiger partial charge in [0.1, 0.15) is 6.04 Å². The summed E-state index contributed by atoms with van der Waals surface area (Å²) in [5.74, 6) is 0.322. The number of ketones is 1. The van der Waals surface area contributed by atoms with Crippen LogP contribution >= 0.6 is 0 Å². The van der Waals surface area contributed by atoms with E-state index in [1.165, 1.54) is 0 Å². The van der Waals surface area contributed by atoms with Crippen molar-refractivity contribution >= 4 is 11.7 Å². The van der Waals surface area contributed by atoms with Gasteiger partial charge in [-0.2, -0.15) is 0 Å². The Kier molecular flexibility index (Phi) is 5.08. The third-order valence-electron chi connectivity index (χ3n) is 4.82. The Morgan fingerprint density at radius 3 is 2.52 bits per heavy atom. The third-order valence-corrected chi connectivity index (χ3v) is 4.82. The number of benzene rings is 1. The van der Waals surface area contributed by atoms with Gasteiger partial charge in [-0.05, 0) is 19.8 Å². The minimum Gasteiger partial charge on any atom is -0.375 e. The zero-order valence-electron chi connectivity index (χ0n) is 13.5. The van der Waals surface area contributed by atoms with Crippen LogP contribution in [0.1, 0.15) is 30.1 Å². The molecule has 2 saturated heterocycles. The summed E-state index contributed by atoms with van der Waals surface area (Å²) in [6, 6.07) is 9.17. The van der Waals surface area contributed by atoms with Gasteiger partial charge in [-0.25, -0.2) is 0 Å². The molecule has 0 aliphatic carbocycles. The molecule has 2 aliphatic rings. The summed E-state index contributed by atoms with van der Waals surface area (Å²) in [5.41, 5.74) is 0.772. The van der Waals surface area contributed by atoms with E-state index in [0.717, 1.165) is 18.4 Å². The first-order chi connectivity index (χ1) is 11.2. The second-order valence-corrected chi connectivity index (χ2v) is 6.34. The van der Waals surface area contributed by atoms with Crippen molar-refractivity contribution in [2.75, 3.05) is 26.2 Å². The highest BCUT2D eigenvalue weighted by Gasteiger charge is 2.34. The van der Waals surface area contributed by atoms with E-state index in [9.17, 15) is 9.59 Å². The van der Waals surface area contributed by atoms with E-state index >= 15 is 0 Å². The Morgan fingerprint density at radius 1 is 1.17 bits per heavy atom. The average molecular weight is 316 g/mol. The van der Waals surface area contributed by atoms with Gasteiger partial charge in [-0.15, -0.1) is 0 Å². The number of carbonyl (C=O) groups is 2. The molecule has 5 heteroatoms. The summed E-state index contributed by atoms with van der Waals surface area (Å²) in [5, 5.41) is 3.24. The van der Waals surface area contributed by atoms with Crippen LogP contribution < -0.4 is 5.32 Å². The van der Waals surface area contributed by atoms with Gasteiger partial charge in [0.2, 0.25) is 5.91 Å². The average Bonchev–Trinajstić information content (AvgIpc) is 2.62. The number of hydrogen-bond acceptors (Lipinski definition) is 4. The number of nitrogens with one attached hydrogen (secondary N) is 1. The molecule has 2 heterocycles. The van der Waals surface area contributed by atoms with E-state index in [1.807, 2.05) is 42.2 Å². The second kappa shape index (κ2) is 7.23. The van der Waals surface area contributed by atoms with E-state index in [1.54, 1.807) is 0 Å². The maximum absolute atomic E-state index is 12.6. The molecule has 0 saturated carbocycles. The van der Waals surface area contributed by atoms with Crippen LogP contribution in [-0.2, 0) is 9.53 Å². The largest absolute Gasteiger partial charge is 0.375 e. The maximum atomic E-state index is 12.6. The fourth-order valence-electron chi connectivity index (χ4n) is 3.41. The Labute approximate surface area is 137 Å². The molecule has 23 heavy (non-hydrogen) atoms. The van der Waals surface area contributed by atoms with Crippen molar-refractivity contribution in [2.24, 2.45) is 5.92 Å². The number of morpholine rings is 1. The topological polar surface area (TPSA) is 58.6 Å². The molecule has 2 aliphatic heterocycles. The quantitative estimate of drug-likeness (QED) is 0.858. The molecule has 2 fully saturated rings. The fourth-order valence-corrected chi connectivity index (χ4v) is 3.41. The van der Waals surface area contributed by atoms with Crippen LogP contribution in [0.15, 0.2) is 30.3 Å². The molecule has 1 amide bonds. The van der Waals surface area contributed by atoms with Crippen molar-refractivity contribution in [1.82, 2.24) is 10.2 Å². The van der Waals surface area contributed by atoms with Crippen molar-refractivity contribution in [3.8, 4) is 0 Å². The number of amides is 1. The highest BCUT2D eigenvalue weighted by Crippen LogP contribution is 2.23. The lowest BCUT2D eigenvalue weighted by Gasteiger charge is -2.37. The molecule has 2 atom stereocenters. The Morgan fingerprint density at radius 2 is 1.87 bits per heavy atom. The predicted molar refractivity (Wildman–Crippen MR) is 87.3 cm³/mol. The van der Waals surface area contributed by atoms with Crippen molar-refractivity contribution in [2.45, 2.75) is 31.9 Å². The summed E-state index contributed by atoms with van der Waals surface area (Å²) < 4.78 is 5.56. The molecule has 1 aromatic rings. The number of Topliss-reactive ketones (excluding diaryl/α,β-unsaturated/α-hetero) is 1. The molecular weight excluding hydrogens is 292 g/mol. The van der Waals surface area contributed by atoms with Gasteiger partial charge >= 0.3 is 0 Å². The predicted octanol–water partition coefficient (Wildman–Crippen LogP) is 1.48. The number of piperidine rings is 1. The van der Waals surface area contributed by atoms with Crippen LogP contribution in [0, 0.1) is 5.92 Å². The molecular formula is C18H24N2O3. The van der Waals surface area contributed by atoms with Gasteiger partial charge in [0.15, 0.2) is 5.78 Å². The highest BCUT2D eigenvalue weighted by atomic mass is 16.5. The number of carbonyl (C=O) groups excluding carboxylic acids is 2. The summed E-state index contributed by atoms with van der Waals surface area (Å²) in [7, 11) is 0. The van der Waals surface area contributed by atoms with E-state index in [4.69, 9.17) is 4.74 Å². The van der Waals surface area contributed by atoms with Gasteiger partial charge in [-0.3, -0.25) is 9.59 Å². The van der Waals surface area contributed by atoms with Crippen LogP contribution in [0.5, 0.6) is 0 Å². The number of likely N-dealkylation sites (tertiary alicyclic amines) is 1. The van der Waals surface area contributed by atoms with Gasteiger partial charge in [0.05, 0.1) is 12.7 Å². The molecule has 1 aromatic carbocycles. The Hall–Kier alpha value is -1.72. The SMILES string of the molecule is C[C@H]1OCCN[C@@H]1C(=O)N1CCC(C(=O)c2ccccc2)CC1. The molecule has 0 aromatic heterocycles. The monoisotopic (exact) mass is 316 g/mol.